The van der Waals surface area contributed by atoms with Crippen molar-refractivity contribution in [2.45, 2.75) is 51.5 Å². The van der Waals surface area contributed by atoms with Crippen LogP contribution in [0.1, 0.15) is 46.0 Å². The van der Waals surface area contributed by atoms with Gasteiger partial charge in [0.25, 0.3) is 0 Å². The van der Waals surface area contributed by atoms with Crippen LogP contribution >= 0.6 is 12.4 Å². The maximum absolute atomic E-state index is 12.7. The summed E-state index contributed by atoms with van der Waals surface area (Å²) in [7, 11) is 0. The first-order valence-electron chi connectivity index (χ1n) is 8.64. The molecule has 0 bridgehead atoms. The van der Waals surface area contributed by atoms with Crippen molar-refractivity contribution in [1.82, 2.24) is 14.7 Å². The van der Waals surface area contributed by atoms with Gasteiger partial charge in [-0.3, -0.25) is 4.79 Å². The number of urea groups is 1. The highest BCUT2D eigenvalue weighted by atomic mass is 35.5. The van der Waals surface area contributed by atoms with Gasteiger partial charge in [0.15, 0.2) is 0 Å². The highest BCUT2D eigenvalue weighted by molar-refractivity contribution is 5.86. The monoisotopic (exact) mass is 346 g/mol. The van der Waals surface area contributed by atoms with Crippen LogP contribution in [0.3, 0.4) is 0 Å². The van der Waals surface area contributed by atoms with E-state index in [2.05, 4.69) is 0 Å². The SMILES string of the molecule is CCN(CC)C(=O)N1CCN(C(=O)C2(N)CCCCC2)CC1.Cl. The van der Waals surface area contributed by atoms with Gasteiger partial charge in [-0.15, -0.1) is 12.4 Å². The third kappa shape index (κ3) is 4.51. The van der Waals surface area contributed by atoms with Gasteiger partial charge in [-0.05, 0) is 26.7 Å². The smallest absolute Gasteiger partial charge is 0.320 e. The second-order valence-corrected chi connectivity index (χ2v) is 6.45. The third-order valence-electron chi connectivity index (χ3n) is 5.04. The first-order chi connectivity index (χ1) is 10.5. The summed E-state index contributed by atoms with van der Waals surface area (Å²) in [5, 5.41) is 0. The normalized spacial score (nSPS) is 20.7. The van der Waals surface area contributed by atoms with Crippen LogP contribution in [0.5, 0.6) is 0 Å². The Bertz CT molecular complexity index is 401. The quantitative estimate of drug-likeness (QED) is 0.845. The van der Waals surface area contributed by atoms with E-state index in [0.29, 0.717) is 26.2 Å². The number of carbonyl (C=O) groups excluding carboxylic acids is 2. The second kappa shape index (κ2) is 8.73. The highest BCUT2D eigenvalue weighted by Crippen LogP contribution is 2.28. The van der Waals surface area contributed by atoms with Crippen LogP contribution < -0.4 is 5.73 Å². The number of hydrogen-bond acceptors (Lipinski definition) is 3. The molecule has 2 aliphatic rings. The van der Waals surface area contributed by atoms with E-state index in [-0.39, 0.29) is 24.3 Å². The van der Waals surface area contributed by atoms with Gasteiger partial charge in [-0.1, -0.05) is 19.3 Å². The number of hydrogen-bond donors (Lipinski definition) is 1. The Kier molecular flexibility index (Phi) is 7.61. The lowest BCUT2D eigenvalue weighted by atomic mass is 9.81. The Morgan fingerprint density at radius 2 is 1.43 bits per heavy atom. The molecule has 0 aromatic heterocycles. The lowest BCUT2D eigenvalue weighted by molar-refractivity contribution is -0.139. The summed E-state index contributed by atoms with van der Waals surface area (Å²) in [5.41, 5.74) is 5.68. The minimum absolute atomic E-state index is 0. The maximum Gasteiger partial charge on any atom is 0.320 e. The summed E-state index contributed by atoms with van der Waals surface area (Å²) in [5.74, 6) is 0.0853. The van der Waals surface area contributed by atoms with Gasteiger partial charge in [0, 0.05) is 39.3 Å². The van der Waals surface area contributed by atoms with Gasteiger partial charge in [-0.2, -0.15) is 0 Å². The number of halogens is 1. The topological polar surface area (TPSA) is 69.9 Å². The number of rotatable bonds is 3. The van der Waals surface area contributed by atoms with Crippen LogP contribution in [-0.2, 0) is 4.79 Å². The molecule has 7 heteroatoms. The summed E-state index contributed by atoms with van der Waals surface area (Å²) < 4.78 is 0. The highest BCUT2D eigenvalue weighted by Gasteiger charge is 2.39. The molecule has 6 nitrogen and oxygen atoms in total. The minimum atomic E-state index is -0.663. The summed E-state index contributed by atoms with van der Waals surface area (Å²) >= 11 is 0. The maximum atomic E-state index is 12.7. The van der Waals surface area contributed by atoms with Gasteiger partial charge in [0.1, 0.15) is 0 Å². The van der Waals surface area contributed by atoms with E-state index in [1.54, 1.807) is 0 Å². The molecule has 134 valence electrons. The number of nitrogens with zero attached hydrogens (tertiary/aromatic N) is 3. The van der Waals surface area contributed by atoms with E-state index in [1.807, 2.05) is 28.5 Å². The van der Waals surface area contributed by atoms with E-state index in [1.165, 1.54) is 6.42 Å². The zero-order valence-electron chi connectivity index (χ0n) is 14.4. The molecule has 1 saturated carbocycles. The summed E-state index contributed by atoms with van der Waals surface area (Å²) in [6.07, 6.45) is 4.86. The van der Waals surface area contributed by atoms with Gasteiger partial charge >= 0.3 is 6.03 Å². The lowest BCUT2D eigenvalue weighted by Crippen LogP contribution is -2.61. The van der Waals surface area contributed by atoms with E-state index in [0.717, 1.165) is 38.8 Å². The molecular formula is C16H31ClN4O2. The van der Waals surface area contributed by atoms with Crippen molar-refractivity contribution in [3.8, 4) is 0 Å². The molecule has 1 aliphatic heterocycles. The van der Waals surface area contributed by atoms with Crippen LogP contribution in [0.4, 0.5) is 4.79 Å². The minimum Gasteiger partial charge on any atom is -0.338 e. The summed E-state index contributed by atoms with van der Waals surface area (Å²) in [6, 6.07) is 0.0808. The number of piperazine rings is 1. The lowest BCUT2D eigenvalue weighted by Gasteiger charge is -2.41. The van der Waals surface area contributed by atoms with Crippen molar-refractivity contribution in [1.29, 1.82) is 0 Å². The fourth-order valence-electron chi connectivity index (χ4n) is 3.51. The van der Waals surface area contributed by atoms with Crippen LogP contribution in [0.2, 0.25) is 0 Å². The predicted octanol–water partition coefficient (Wildman–Crippen LogP) is 1.68. The molecule has 0 spiro atoms. The van der Waals surface area contributed by atoms with Gasteiger partial charge in [0.2, 0.25) is 5.91 Å². The van der Waals surface area contributed by atoms with E-state index in [9.17, 15) is 9.59 Å². The van der Waals surface area contributed by atoms with E-state index < -0.39 is 5.54 Å². The van der Waals surface area contributed by atoms with Crippen LogP contribution in [0.15, 0.2) is 0 Å². The fraction of sp³-hybridized carbons (Fsp3) is 0.875. The molecule has 1 saturated heterocycles. The molecule has 0 unspecified atom stereocenters. The second-order valence-electron chi connectivity index (χ2n) is 6.45. The molecule has 0 aromatic carbocycles. The van der Waals surface area contributed by atoms with E-state index >= 15 is 0 Å². The van der Waals surface area contributed by atoms with Crippen molar-refractivity contribution in [3.05, 3.63) is 0 Å². The van der Waals surface area contributed by atoms with Crippen LogP contribution in [-0.4, -0.2) is 71.4 Å². The number of carbonyl (C=O) groups is 2. The average Bonchev–Trinajstić information content (AvgIpc) is 2.56. The number of amides is 3. The molecule has 0 radical (unpaired) electrons. The fourth-order valence-corrected chi connectivity index (χ4v) is 3.51. The predicted molar refractivity (Wildman–Crippen MR) is 93.7 cm³/mol. The molecular weight excluding hydrogens is 316 g/mol. The van der Waals surface area contributed by atoms with Crippen molar-refractivity contribution in [2.75, 3.05) is 39.3 Å². The molecule has 2 N–H and O–H groups in total. The summed E-state index contributed by atoms with van der Waals surface area (Å²) in [6.45, 7) is 7.84. The zero-order valence-corrected chi connectivity index (χ0v) is 15.2. The van der Waals surface area contributed by atoms with Crippen molar-refractivity contribution < 1.29 is 9.59 Å². The van der Waals surface area contributed by atoms with Gasteiger partial charge in [-0.25, -0.2) is 4.79 Å². The first-order valence-corrected chi connectivity index (χ1v) is 8.64. The van der Waals surface area contributed by atoms with Crippen LogP contribution in [0, 0.1) is 0 Å². The third-order valence-corrected chi connectivity index (χ3v) is 5.04. The number of nitrogens with two attached hydrogens (primary N) is 1. The molecule has 23 heavy (non-hydrogen) atoms. The van der Waals surface area contributed by atoms with Crippen molar-refractivity contribution in [3.63, 3.8) is 0 Å². The van der Waals surface area contributed by atoms with Gasteiger partial charge in [0.05, 0.1) is 5.54 Å². The standard InChI is InChI=1S/C16H30N4O2.ClH/c1-3-18(4-2)15(22)20-12-10-19(11-13-20)14(21)16(17)8-6-5-7-9-16;/h3-13,17H2,1-2H3;1H. The molecule has 2 fully saturated rings. The molecule has 1 aliphatic carbocycles. The zero-order chi connectivity index (χ0) is 16.2. The average molecular weight is 347 g/mol. The Hall–Kier alpha value is -1.01. The van der Waals surface area contributed by atoms with Crippen molar-refractivity contribution >= 4 is 24.3 Å². The molecule has 2 rings (SSSR count). The molecule has 0 atom stereocenters. The first kappa shape index (κ1) is 20.0. The molecule has 0 aromatic rings. The molecule has 3 amide bonds. The largest absolute Gasteiger partial charge is 0.338 e. The molecule has 1 heterocycles. The summed E-state index contributed by atoms with van der Waals surface area (Å²) in [4.78, 5) is 30.5. The van der Waals surface area contributed by atoms with E-state index in [4.69, 9.17) is 5.73 Å². The Morgan fingerprint density at radius 3 is 1.91 bits per heavy atom. The Morgan fingerprint density at radius 1 is 0.957 bits per heavy atom. The Labute approximate surface area is 145 Å². The Balaban J connectivity index is 0.00000264. The van der Waals surface area contributed by atoms with Crippen molar-refractivity contribution in [2.24, 2.45) is 5.73 Å². The van der Waals surface area contributed by atoms with Crippen LogP contribution in [0.25, 0.3) is 0 Å². The van der Waals surface area contributed by atoms with Gasteiger partial charge < -0.3 is 20.4 Å².